The molecular formula is C21H30N4O7S. The van der Waals surface area contributed by atoms with E-state index in [2.05, 4.69) is 10.6 Å². The molecule has 1 aromatic rings. The molecule has 2 aliphatic rings. The number of nitrogens with zero attached hydrogens (tertiary/aromatic N) is 2. The van der Waals surface area contributed by atoms with E-state index >= 15 is 0 Å². The summed E-state index contributed by atoms with van der Waals surface area (Å²) in [5, 5.41) is 25.9. The van der Waals surface area contributed by atoms with Crippen molar-refractivity contribution in [1.29, 1.82) is 0 Å². The molecule has 3 N–H and O–H groups in total. The van der Waals surface area contributed by atoms with Gasteiger partial charge in [-0.05, 0) is 36.9 Å². The Kier molecular flexibility index (Phi) is 9.15. The van der Waals surface area contributed by atoms with Crippen molar-refractivity contribution in [2.75, 3.05) is 31.6 Å². The van der Waals surface area contributed by atoms with Crippen molar-refractivity contribution in [2.45, 2.75) is 56.5 Å². The molecule has 0 saturated heterocycles. The zero-order chi connectivity index (χ0) is 23.8. The highest BCUT2D eigenvalue weighted by atomic mass is 32.2. The van der Waals surface area contributed by atoms with Crippen LogP contribution in [0.3, 0.4) is 0 Å². The number of nitrogens with one attached hydrogen (secondary N) is 2. The average molecular weight is 483 g/mol. The van der Waals surface area contributed by atoms with Crippen LogP contribution in [0.4, 0.5) is 5.69 Å². The third-order valence-electron chi connectivity index (χ3n) is 5.52. The first kappa shape index (κ1) is 25.1. The fraction of sp³-hybridized carbons (Fsp3) is 0.619. The normalized spacial score (nSPS) is 20.5. The van der Waals surface area contributed by atoms with Gasteiger partial charge in [0, 0.05) is 37.8 Å². The van der Waals surface area contributed by atoms with E-state index < -0.39 is 17.3 Å². The maximum absolute atomic E-state index is 12.1. The number of carbonyl (C=O) groups excluding carboxylic acids is 2. The summed E-state index contributed by atoms with van der Waals surface area (Å²) in [6, 6.07) is 5.36. The molecule has 1 heterocycles. The maximum atomic E-state index is 12.1. The Hall–Kier alpha value is -2.57. The first-order chi connectivity index (χ1) is 15.8. The van der Waals surface area contributed by atoms with Crippen molar-refractivity contribution in [3.8, 4) is 5.75 Å². The van der Waals surface area contributed by atoms with Gasteiger partial charge in [-0.25, -0.2) is 0 Å². The minimum atomic E-state index is -0.777. The monoisotopic (exact) mass is 482 g/mol. The summed E-state index contributed by atoms with van der Waals surface area (Å²) in [7, 11) is 0. The predicted octanol–water partition coefficient (Wildman–Crippen LogP) is 1.53. The smallest absolute Gasteiger partial charge is 0.294 e. The van der Waals surface area contributed by atoms with Gasteiger partial charge in [0.2, 0.25) is 11.8 Å². The van der Waals surface area contributed by atoms with Gasteiger partial charge in [0.1, 0.15) is 24.6 Å². The molecule has 11 nitrogen and oxygen atoms in total. The summed E-state index contributed by atoms with van der Waals surface area (Å²) in [5.74, 6) is 0.348. The van der Waals surface area contributed by atoms with Crippen LogP contribution >= 0.6 is 11.9 Å². The van der Waals surface area contributed by atoms with Gasteiger partial charge in [-0.15, -0.1) is 10.1 Å². The highest BCUT2D eigenvalue weighted by Gasteiger charge is 2.31. The second-order valence-corrected chi connectivity index (χ2v) is 9.35. The van der Waals surface area contributed by atoms with Gasteiger partial charge < -0.3 is 25.3 Å². The van der Waals surface area contributed by atoms with Crippen molar-refractivity contribution in [1.82, 2.24) is 9.62 Å². The summed E-state index contributed by atoms with van der Waals surface area (Å²) >= 11 is 1.30. The Labute approximate surface area is 196 Å². The second-order valence-electron chi connectivity index (χ2n) is 8.09. The van der Waals surface area contributed by atoms with E-state index in [1.165, 1.54) is 18.9 Å². The van der Waals surface area contributed by atoms with E-state index in [0.29, 0.717) is 25.3 Å². The van der Waals surface area contributed by atoms with Crippen molar-refractivity contribution in [3.63, 3.8) is 0 Å². The van der Waals surface area contributed by atoms with Gasteiger partial charge in [-0.1, -0.05) is 18.9 Å². The Morgan fingerprint density at radius 1 is 1.42 bits per heavy atom. The number of rotatable bonds is 12. The molecule has 0 radical (unpaired) electrons. The van der Waals surface area contributed by atoms with Gasteiger partial charge in [0.25, 0.3) is 5.09 Å². The highest BCUT2D eigenvalue weighted by molar-refractivity contribution is 7.98. The lowest BCUT2D eigenvalue weighted by Gasteiger charge is -2.32. The van der Waals surface area contributed by atoms with Gasteiger partial charge in [0.05, 0.1) is 11.7 Å². The molecule has 1 fully saturated rings. The average Bonchev–Trinajstić information content (AvgIpc) is 3.15. The van der Waals surface area contributed by atoms with E-state index in [1.54, 1.807) is 16.4 Å². The maximum Gasteiger partial charge on any atom is 0.294 e. The quantitative estimate of drug-likeness (QED) is 0.175. The molecule has 2 amide bonds. The number of fused-ring (bicyclic) bond motifs is 1. The van der Waals surface area contributed by atoms with Crippen LogP contribution in [-0.2, 0) is 20.8 Å². The Bertz CT molecular complexity index is 856. The number of aliphatic hydroxyl groups excluding tert-OH is 1. The summed E-state index contributed by atoms with van der Waals surface area (Å²) in [5.41, 5.74) is 1.52. The number of aliphatic hydroxyl groups is 1. The molecule has 33 heavy (non-hydrogen) atoms. The summed E-state index contributed by atoms with van der Waals surface area (Å²) < 4.78 is 7.28. The molecule has 1 aliphatic heterocycles. The fourth-order valence-corrected chi connectivity index (χ4v) is 5.18. The molecule has 1 saturated carbocycles. The fourth-order valence-electron chi connectivity index (χ4n) is 3.91. The zero-order valence-electron chi connectivity index (χ0n) is 18.5. The first-order valence-electron chi connectivity index (χ1n) is 11.0. The van der Waals surface area contributed by atoms with Crippen LogP contribution in [0.5, 0.6) is 5.75 Å². The van der Waals surface area contributed by atoms with E-state index in [9.17, 15) is 24.8 Å². The van der Waals surface area contributed by atoms with Crippen molar-refractivity contribution in [3.05, 3.63) is 33.9 Å². The summed E-state index contributed by atoms with van der Waals surface area (Å²) in [6.07, 6.45) is 2.13. The zero-order valence-corrected chi connectivity index (χ0v) is 19.3. The van der Waals surface area contributed by atoms with Gasteiger partial charge in [0.15, 0.2) is 0 Å². The molecule has 1 aromatic carbocycles. The van der Waals surface area contributed by atoms with Crippen molar-refractivity contribution < 1.29 is 29.4 Å². The third kappa shape index (κ3) is 7.47. The molecule has 182 valence electrons. The molecule has 3 atom stereocenters. The predicted molar refractivity (Wildman–Crippen MR) is 122 cm³/mol. The second kappa shape index (κ2) is 12.1. The number of hydrogen-bond acceptors (Lipinski definition) is 9. The molecular weight excluding hydrogens is 452 g/mol. The van der Waals surface area contributed by atoms with Gasteiger partial charge in [-0.3, -0.25) is 13.9 Å². The lowest BCUT2D eigenvalue weighted by molar-refractivity contribution is -0.768. The van der Waals surface area contributed by atoms with E-state index in [4.69, 9.17) is 9.57 Å². The number of hydrogen-bond donors (Lipinski definition) is 3. The van der Waals surface area contributed by atoms with Crippen LogP contribution in [0, 0.1) is 10.1 Å². The lowest BCUT2D eigenvalue weighted by Crippen LogP contribution is -2.39. The molecule has 3 rings (SSSR count). The standard InChI is InChI=1S/C21H30N4O7S/c1-14(26)24(33-20-8-3-2-6-19(20)32-25(29)30)10-9-22-12-15(27)13-31-18-7-4-5-17-16(18)11-21(28)23-17/h4-5,7,15,19-20,22,27H,2-3,6,8-13H2,1H3,(H,23,28). The molecule has 0 spiro atoms. The number of anilines is 1. The van der Waals surface area contributed by atoms with E-state index in [1.807, 2.05) is 6.07 Å². The van der Waals surface area contributed by atoms with Crippen LogP contribution in [0.2, 0.25) is 0 Å². The lowest BCUT2D eigenvalue weighted by atomic mass is 9.97. The molecule has 0 bridgehead atoms. The molecule has 1 aliphatic carbocycles. The number of carbonyl (C=O) groups is 2. The van der Waals surface area contributed by atoms with Crippen LogP contribution in [0.25, 0.3) is 0 Å². The summed E-state index contributed by atoms with van der Waals surface area (Å²) in [4.78, 5) is 39.2. The van der Waals surface area contributed by atoms with Crippen LogP contribution in [-0.4, -0.2) is 70.0 Å². The largest absolute Gasteiger partial charge is 0.490 e. The van der Waals surface area contributed by atoms with Crippen LogP contribution in [0.1, 0.15) is 38.2 Å². The number of amides is 2. The van der Waals surface area contributed by atoms with Crippen LogP contribution in [0.15, 0.2) is 18.2 Å². The summed E-state index contributed by atoms with van der Waals surface area (Å²) in [6.45, 7) is 2.61. The highest BCUT2D eigenvalue weighted by Crippen LogP contribution is 2.33. The third-order valence-corrected chi connectivity index (χ3v) is 7.03. The number of ether oxygens (including phenoxy) is 1. The van der Waals surface area contributed by atoms with E-state index in [-0.39, 0.29) is 36.6 Å². The van der Waals surface area contributed by atoms with Gasteiger partial charge in [-0.2, -0.15) is 0 Å². The van der Waals surface area contributed by atoms with Crippen LogP contribution < -0.4 is 15.4 Å². The molecule has 3 unspecified atom stereocenters. The van der Waals surface area contributed by atoms with Crippen molar-refractivity contribution >= 4 is 29.4 Å². The minimum absolute atomic E-state index is 0.0603. The molecule has 0 aromatic heterocycles. The molecule has 12 heteroatoms. The van der Waals surface area contributed by atoms with E-state index in [0.717, 1.165) is 30.5 Å². The van der Waals surface area contributed by atoms with Gasteiger partial charge >= 0.3 is 0 Å². The Morgan fingerprint density at radius 2 is 2.21 bits per heavy atom. The number of benzene rings is 1. The minimum Gasteiger partial charge on any atom is -0.490 e. The topological polar surface area (TPSA) is 143 Å². The SMILES string of the molecule is CC(=O)N(CCNCC(O)COc1cccc2c1CC(=O)N2)SC1CCCCC1O[N+](=O)[O-]. The van der Waals surface area contributed by atoms with Crippen molar-refractivity contribution in [2.24, 2.45) is 0 Å². The first-order valence-corrected chi connectivity index (χ1v) is 11.9. The Balaban J connectivity index is 1.39. The Morgan fingerprint density at radius 3 is 2.97 bits per heavy atom.